The van der Waals surface area contributed by atoms with E-state index in [1.165, 1.54) is 11.8 Å². The lowest BCUT2D eigenvalue weighted by Gasteiger charge is -2.16. The molecule has 6 heteroatoms. The predicted molar refractivity (Wildman–Crippen MR) is 100 cm³/mol. The lowest BCUT2D eigenvalue weighted by atomic mass is 10.2. The van der Waals surface area contributed by atoms with E-state index in [0.717, 1.165) is 22.6 Å². The van der Waals surface area contributed by atoms with Crippen LogP contribution in [0.3, 0.4) is 0 Å². The molecule has 1 aliphatic rings. The van der Waals surface area contributed by atoms with E-state index in [4.69, 9.17) is 16.3 Å². The highest BCUT2D eigenvalue weighted by Gasteiger charge is 2.27. The molecule has 1 unspecified atom stereocenters. The molecule has 1 atom stereocenters. The zero-order chi connectivity index (χ0) is 17.1. The van der Waals surface area contributed by atoms with Gasteiger partial charge in [0.15, 0.2) is 5.50 Å². The van der Waals surface area contributed by atoms with E-state index in [1.54, 1.807) is 19.2 Å². The van der Waals surface area contributed by atoms with Crippen LogP contribution in [0.2, 0.25) is 5.02 Å². The SMILES string of the molecule is COc1ccc(C)cc1NC1NC(=O)/C(=C/c2ccc(Cl)cc2)S1. The molecule has 0 spiro atoms. The average molecular weight is 361 g/mol. The van der Waals surface area contributed by atoms with Crippen molar-refractivity contribution in [3.8, 4) is 5.75 Å². The molecule has 1 saturated heterocycles. The summed E-state index contributed by atoms with van der Waals surface area (Å²) in [5.74, 6) is 0.643. The van der Waals surface area contributed by atoms with Crippen LogP contribution in [0.5, 0.6) is 5.75 Å². The van der Waals surface area contributed by atoms with Gasteiger partial charge in [-0.2, -0.15) is 0 Å². The summed E-state index contributed by atoms with van der Waals surface area (Å²) in [6.07, 6.45) is 1.85. The monoisotopic (exact) mass is 360 g/mol. The van der Waals surface area contributed by atoms with Crippen LogP contribution in [0.1, 0.15) is 11.1 Å². The van der Waals surface area contributed by atoms with Gasteiger partial charge in [-0.25, -0.2) is 0 Å². The number of rotatable bonds is 4. The van der Waals surface area contributed by atoms with Crippen molar-refractivity contribution in [2.45, 2.75) is 12.4 Å². The number of hydrogen-bond acceptors (Lipinski definition) is 4. The minimum absolute atomic E-state index is 0.0981. The number of nitrogens with one attached hydrogen (secondary N) is 2. The summed E-state index contributed by atoms with van der Waals surface area (Å²) in [6.45, 7) is 2.01. The van der Waals surface area contributed by atoms with E-state index < -0.39 is 0 Å². The quantitative estimate of drug-likeness (QED) is 0.800. The van der Waals surface area contributed by atoms with Crippen LogP contribution in [0.25, 0.3) is 6.08 Å². The van der Waals surface area contributed by atoms with Gasteiger partial charge in [-0.1, -0.05) is 41.6 Å². The second kappa shape index (κ2) is 7.20. The summed E-state index contributed by atoms with van der Waals surface area (Å²) in [5.41, 5.74) is 2.66. The first kappa shape index (κ1) is 16.7. The molecule has 124 valence electrons. The van der Waals surface area contributed by atoms with E-state index in [9.17, 15) is 4.79 Å². The molecule has 0 radical (unpaired) electrons. The molecule has 4 nitrogen and oxygen atoms in total. The number of benzene rings is 2. The molecule has 1 aliphatic heterocycles. The first-order valence-corrected chi connectivity index (χ1v) is 8.67. The summed E-state index contributed by atoms with van der Waals surface area (Å²) in [7, 11) is 1.63. The smallest absolute Gasteiger partial charge is 0.260 e. The van der Waals surface area contributed by atoms with E-state index in [2.05, 4.69) is 10.6 Å². The zero-order valence-electron chi connectivity index (χ0n) is 13.3. The van der Waals surface area contributed by atoms with E-state index in [1.807, 2.05) is 43.3 Å². The van der Waals surface area contributed by atoms with Crippen molar-refractivity contribution in [3.63, 3.8) is 0 Å². The van der Waals surface area contributed by atoms with Crippen LogP contribution in [-0.2, 0) is 4.79 Å². The molecule has 24 heavy (non-hydrogen) atoms. The highest BCUT2D eigenvalue weighted by Crippen LogP contribution is 2.33. The molecule has 2 N–H and O–H groups in total. The van der Waals surface area contributed by atoms with Crippen LogP contribution in [-0.4, -0.2) is 18.5 Å². The van der Waals surface area contributed by atoms with E-state index >= 15 is 0 Å². The maximum absolute atomic E-state index is 12.2. The number of carbonyl (C=O) groups excluding carboxylic acids is 1. The molecule has 0 saturated carbocycles. The molecule has 1 amide bonds. The number of carbonyl (C=O) groups is 1. The Morgan fingerprint density at radius 1 is 1.25 bits per heavy atom. The predicted octanol–water partition coefficient (Wildman–Crippen LogP) is 4.26. The van der Waals surface area contributed by atoms with Crippen LogP contribution in [0.15, 0.2) is 47.4 Å². The lowest BCUT2D eigenvalue weighted by Crippen LogP contribution is -2.31. The van der Waals surface area contributed by atoms with E-state index in [-0.39, 0.29) is 11.4 Å². The third-order valence-electron chi connectivity index (χ3n) is 3.54. The van der Waals surface area contributed by atoms with Gasteiger partial charge in [-0.05, 0) is 48.4 Å². The summed E-state index contributed by atoms with van der Waals surface area (Å²) < 4.78 is 5.36. The van der Waals surface area contributed by atoms with Gasteiger partial charge in [0.2, 0.25) is 0 Å². The number of hydrogen-bond donors (Lipinski definition) is 2. The van der Waals surface area contributed by atoms with Crippen molar-refractivity contribution in [3.05, 3.63) is 63.5 Å². The molecule has 1 fully saturated rings. The molecule has 1 heterocycles. The molecular weight excluding hydrogens is 344 g/mol. The first-order chi connectivity index (χ1) is 11.5. The Morgan fingerprint density at radius 3 is 2.71 bits per heavy atom. The molecule has 0 aliphatic carbocycles. The molecule has 2 aromatic rings. The second-order valence-corrected chi connectivity index (χ2v) is 6.96. The van der Waals surface area contributed by atoms with Gasteiger partial charge in [-0.3, -0.25) is 4.79 Å². The molecular formula is C18H17ClN2O2S. The van der Waals surface area contributed by atoms with Crippen LogP contribution in [0.4, 0.5) is 5.69 Å². The molecule has 3 rings (SSSR count). The third-order valence-corrected chi connectivity index (χ3v) is 4.82. The number of methoxy groups -OCH3 is 1. The highest BCUT2D eigenvalue weighted by atomic mass is 35.5. The minimum Gasteiger partial charge on any atom is -0.495 e. The Hall–Kier alpha value is -2.11. The van der Waals surface area contributed by atoms with Gasteiger partial charge in [-0.15, -0.1) is 0 Å². The van der Waals surface area contributed by atoms with Gasteiger partial charge in [0, 0.05) is 5.02 Å². The zero-order valence-corrected chi connectivity index (χ0v) is 14.9. The van der Waals surface area contributed by atoms with Crippen molar-refractivity contribution >= 4 is 41.0 Å². The summed E-state index contributed by atoms with van der Waals surface area (Å²) in [4.78, 5) is 12.8. The van der Waals surface area contributed by atoms with Crippen molar-refractivity contribution in [1.29, 1.82) is 0 Å². The molecule has 0 aromatic heterocycles. The van der Waals surface area contributed by atoms with Gasteiger partial charge >= 0.3 is 0 Å². The maximum atomic E-state index is 12.2. The van der Waals surface area contributed by atoms with Crippen molar-refractivity contribution < 1.29 is 9.53 Å². The van der Waals surface area contributed by atoms with Gasteiger partial charge < -0.3 is 15.4 Å². The fourth-order valence-electron chi connectivity index (χ4n) is 2.35. The normalized spacial score (nSPS) is 18.5. The Morgan fingerprint density at radius 2 is 2.00 bits per heavy atom. The number of aryl methyl sites for hydroxylation is 1. The third kappa shape index (κ3) is 3.86. The number of halogens is 1. The van der Waals surface area contributed by atoms with E-state index in [0.29, 0.717) is 9.93 Å². The summed E-state index contributed by atoms with van der Waals surface area (Å²) in [6, 6.07) is 13.3. The Balaban J connectivity index is 1.75. The largest absolute Gasteiger partial charge is 0.495 e. The molecule has 0 bridgehead atoms. The highest BCUT2D eigenvalue weighted by molar-refractivity contribution is 8.05. The van der Waals surface area contributed by atoms with Crippen LogP contribution >= 0.6 is 23.4 Å². The minimum atomic E-state index is -0.244. The fourth-order valence-corrected chi connectivity index (χ4v) is 3.45. The Bertz CT molecular complexity index is 790. The van der Waals surface area contributed by atoms with Gasteiger partial charge in [0.1, 0.15) is 5.75 Å². The topological polar surface area (TPSA) is 50.4 Å². The Labute approximate surface area is 150 Å². The summed E-state index contributed by atoms with van der Waals surface area (Å²) >= 11 is 7.32. The van der Waals surface area contributed by atoms with Crippen molar-refractivity contribution in [2.75, 3.05) is 12.4 Å². The van der Waals surface area contributed by atoms with Crippen LogP contribution in [0, 0.1) is 6.92 Å². The second-order valence-electron chi connectivity index (χ2n) is 5.38. The first-order valence-electron chi connectivity index (χ1n) is 7.41. The maximum Gasteiger partial charge on any atom is 0.260 e. The van der Waals surface area contributed by atoms with Crippen molar-refractivity contribution in [1.82, 2.24) is 5.32 Å². The average Bonchev–Trinajstić information content (AvgIpc) is 2.89. The number of amides is 1. The fraction of sp³-hybridized carbons (Fsp3) is 0.167. The Kier molecular flexibility index (Phi) is 5.02. The number of anilines is 1. The van der Waals surface area contributed by atoms with Crippen LogP contribution < -0.4 is 15.4 Å². The van der Waals surface area contributed by atoms with Crippen molar-refractivity contribution in [2.24, 2.45) is 0 Å². The lowest BCUT2D eigenvalue weighted by molar-refractivity contribution is -0.116. The van der Waals surface area contributed by atoms with Gasteiger partial charge in [0.05, 0.1) is 17.7 Å². The standard InChI is InChI=1S/C18H17ClN2O2S/c1-11-3-8-15(23-2)14(9-11)20-18-21-17(22)16(24-18)10-12-4-6-13(19)7-5-12/h3-10,18,20H,1-2H3,(H,21,22)/b16-10-. The van der Waals surface area contributed by atoms with Gasteiger partial charge in [0.25, 0.3) is 5.91 Å². The molecule has 2 aromatic carbocycles. The number of thioether (sulfide) groups is 1. The number of ether oxygens (including phenoxy) is 1. The summed E-state index contributed by atoms with van der Waals surface area (Å²) in [5, 5.41) is 6.89.